The summed E-state index contributed by atoms with van der Waals surface area (Å²) in [5.74, 6) is -0.857. The first kappa shape index (κ1) is 13.2. The van der Waals surface area contributed by atoms with Gasteiger partial charge in [-0.2, -0.15) is 0 Å². The van der Waals surface area contributed by atoms with Crippen LogP contribution in [-0.4, -0.2) is 34.8 Å². The lowest BCUT2D eigenvalue weighted by atomic mass is 10.1. The highest BCUT2D eigenvalue weighted by atomic mass is 32.1. The van der Waals surface area contributed by atoms with Gasteiger partial charge in [-0.05, 0) is 13.3 Å². The first-order valence-corrected chi connectivity index (χ1v) is 4.91. The van der Waals surface area contributed by atoms with Crippen molar-refractivity contribution in [2.75, 3.05) is 5.75 Å². The minimum atomic E-state index is -1.09. The molecule has 4 N–H and O–H groups in total. The molecule has 0 aromatic heterocycles. The number of aliphatic carboxylic acids is 1. The fourth-order valence-electron chi connectivity index (χ4n) is 0.799. The molecule has 0 heterocycles. The zero-order valence-electron chi connectivity index (χ0n) is 8.03. The molecule has 81 valence electrons. The number of carbonyl (C=O) groups is 2. The van der Waals surface area contributed by atoms with Gasteiger partial charge in [-0.15, -0.1) is 0 Å². The number of hydrogen-bond donors (Lipinski definition) is 3. The summed E-state index contributed by atoms with van der Waals surface area (Å²) in [6.07, 6.45) is 0.262. The maximum atomic E-state index is 11.1. The molecule has 5 nitrogen and oxygen atoms in total. The Morgan fingerprint density at radius 2 is 2.14 bits per heavy atom. The van der Waals surface area contributed by atoms with Gasteiger partial charge in [0.05, 0.1) is 0 Å². The van der Waals surface area contributed by atoms with E-state index in [-0.39, 0.29) is 24.8 Å². The summed E-state index contributed by atoms with van der Waals surface area (Å²) >= 11 is 4.74. The number of hydrogen-bond acceptors (Lipinski definition) is 3. The van der Waals surface area contributed by atoms with Crippen LogP contribution in [0, 0.1) is 0 Å². The van der Waals surface area contributed by atoms with Crippen molar-refractivity contribution in [2.45, 2.75) is 31.8 Å². The molecule has 0 aliphatic heterocycles. The zero-order chi connectivity index (χ0) is 11.1. The number of nitrogens with two attached hydrogens (primary N) is 1. The fourth-order valence-corrected chi connectivity index (χ4v) is 0.882. The molecule has 0 fully saturated rings. The molecule has 0 saturated heterocycles. The van der Waals surface area contributed by atoms with Gasteiger partial charge in [-0.1, -0.05) is 12.6 Å². The molecule has 0 aliphatic carbocycles. The van der Waals surface area contributed by atoms with E-state index in [1.54, 1.807) is 6.92 Å². The number of amides is 1. The molecule has 0 unspecified atom stereocenters. The van der Waals surface area contributed by atoms with E-state index in [1.807, 2.05) is 0 Å². The molecule has 14 heavy (non-hydrogen) atoms. The van der Waals surface area contributed by atoms with Gasteiger partial charge in [0.25, 0.3) is 0 Å². The maximum absolute atomic E-state index is 11.1. The van der Waals surface area contributed by atoms with E-state index >= 15 is 0 Å². The van der Waals surface area contributed by atoms with Gasteiger partial charge in [0, 0.05) is 18.2 Å². The minimum absolute atomic E-state index is 0.0569. The van der Waals surface area contributed by atoms with Gasteiger partial charge in [0.1, 0.15) is 6.04 Å². The molecule has 1 radical (unpaired) electrons. The highest BCUT2D eigenvalue weighted by molar-refractivity contribution is 7.80. The van der Waals surface area contributed by atoms with Crippen LogP contribution in [0.1, 0.15) is 19.8 Å². The van der Waals surface area contributed by atoms with Gasteiger partial charge in [0.15, 0.2) is 0 Å². The zero-order valence-corrected chi connectivity index (χ0v) is 8.84. The first-order valence-electron chi connectivity index (χ1n) is 4.33. The number of carboxylic acid groups (broad SMARTS) is 1. The van der Waals surface area contributed by atoms with Crippen LogP contribution in [0.5, 0.6) is 0 Å². The molecule has 0 rings (SSSR count). The summed E-state index contributed by atoms with van der Waals surface area (Å²) in [5.41, 5.74) is 5.23. The van der Waals surface area contributed by atoms with Crippen LogP contribution >= 0.6 is 12.6 Å². The number of carbonyl (C=O) groups excluding carboxylic acids is 1. The Balaban J connectivity index is 3.69. The van der Waals surface area contributed by atoms with E-state index in [2.05, 4.69) is 5.32 Å². The van der Waals surface area contributed by atoms with Crippen LogP contribution in [0.15, 0.2) is 0 Å². The van der Waals surface area contributed by atoms with Crippen LogP contribution in [-0.2, 0) is 9.59 Å². The van der Waals surface area contributed by atoms with Gasteiger partial charge >= 0.3 is 5.97 Å². The summed E-state index contributed by atoms with van der Waals surface area (Å²) in [6, 6.07) is -1.03. The largest absolute Gasteiger partial charge is 0.480 e. The van der Waals surface area contributed by atoms with Crippen LogP contribution in [0.2, 0.25) is 0 Å². The molecule has 1 amide bonds. The van der Waals surface area contributed by atoms with Crippen molar-refractivity contribution in [1.82, 2.24) is 5.32 Å². The highest BCUT2D eigenvalue weighted by Crippen LogP contribution is 1.96. The quantitative estimate of drug-likeness (QED) is 0.580. The lowest BCUT2D eigenvalue weighted by Gasteiger charge is -2.11. The Labute approximate surface area is 88.5 Å². The van der Waals surface area contributed by atoms with Crippen molar-refractivity contribution >= 4 is 24.5 Å². The minimum Gasteiger partial charge on any atom is -0.480 e. The van der Waals surface area contributed by atoms with E-state index in [4.69, 9.17) is 23.5 Å². The Bertz CT molecular complexity index is 211. The third kappa shape index (κ3) is 5.82. The highest BCUT2D eigenvalue weighted by Gasteiger charge is 2.14. The Morgan fingerprint density at radius 1 is 1.57 bits per heavy atom. The van der Waals surface area contributed by atoms with Gasteiger partial charge in [0.2, 0.25) is 5.91 Å². The average molecular weight is 219 g/mol. The fraction of sp³-hybridized carbons (Fsp3) is 0.750. The standard InChI is InChI=1S/C8H15N2O3S/c1-5(4-14)10-7(11)3-2-6(9)8(12)13/h5-6H,2-4,9H2,1H3,(H,10,11)(H,12,13)/t5-,6+/m1/s1. The van der Waals surface area contributed by atoms with E-state index in [0.29, 0.717) is 5.75 Å². The second-order valence-electron chi connectivity index (χ2n) is 3.12. The predicted octanol–water partition coefficient (Wildman–Crippen LogP) is -0.119. The molecule has 0 spiro atoms. The number of rotatable bonds is 6. The third-order valence-electron chi connectivity index (χ3n) is 1.66. The van der Waals surface area contributed by atoms with Gasteiger partial charge in [-0.3, -0.25) is 9.59 Å². The van der Waals surface area contributed by atoms with E-state index in [1.165, 1.54) is 0 Å². The van der Waals surface area contributed by atoms with E-state index in [9.17, 15) is 9.59 Å². The summed E-state index contributed by atoms with van der Waals surface area (Å²) in [7, 11) is 0. The Kier molecular flexibility index (Phi) is 6.31. The monoisotopic (exact) mass is 219 g/mol. The smallest absolute Gasteiger partial charge is 0.320 e. The number of nitrogens with one attached hydrogen (secondary N) is 1. The van der Waals surface area contributed by atoms with E-state index < -0.39 is 12.0 Å². The first-order chi connectivity index (χ1) is 6.47. The van der Waals surface area contributed by atoms with Crippen LogP contribution in [0.4, 0.5) is 0 Å². The molecule has 0 aromatic rings. The summed E-state index contributed by atoms with van der Waals surface area (Å²) in [6.45, 7) is 1.79. The molecule has 0 aromatic carbocycles. The average Bonchev–Trinajstić information content (AvgIpc) is 2.13. The van der Waals surface area contributed by atoms with Crippen molar-refractivity contribution in [3.8, 4) is 0 Å². The van der Waals surface area contributed by atoms with Crippen LogP contribution in [0.25, 0.3) is 0 Å². The van der Waals surface area contributed by atoms with Crippen molar-refractivity contribution in [2.24, 2.45) is 5.73 Å². The molecule has 0 bridgehead atoms. The molecular formula is C8H15N2O3S. The molecular weight excluding hydrogens is 204 g/mol. The molecule has 0 saturated carbocycles. The summed E-state index contributed by atoms with van der Waals surface area (Å²) in [4.78, 5) is 21.5. The molecule has 6 heteroatoms. The number of carboxylic acids is 1. The topological polar surface area (TPSA) is 92.4 Å². The third-order valence-corrected chi connectivity index (χ3v) is 2.16. The predicted molar refractivity (Wildman–Crippen MR) is 54.9 cm³/mol. The maximum Gasteiger partial charge on any atom is 0.320 e. The second-order valence-corrected chi connectivity index (χ2v) is 3.45. The van der Waals surface area contributed by atoms with Crippen LogP contribution < -0.4 is 11.1 Å². The molecule has 0 aliphatic rings. The van der Waals surface area contributed by atoms with Gasteiger partial charge in [-0.25, -0.2) is 0 Å². The lowest BCUT2D eigenvalue weighted by molar-refractivity contribution is -0.138. The normalized spacial score (nSPS) is 14.5. The van der Waals surface area contributed by atoms with Crippen molar-refractivity contribution in [3.05, 3.63) is 0 Å². The van der Waals surface area contributed by atoms with Gasteiger partial charge < -0.3 is 16.2 Å². The van der Waals surface area contributed by atoms with Crippen LogP contribution in [0.3, 0.4) is 0 Å². The van der Waals surface area contributed by atoms with Crippen molar-refractivity contribution < 1.29 is 14.7 Å². The SMILES string of the molecule is C[C@H](C[S])NC(=O)CC[C@H](N)C(=O)O. The van der Waals surface area contributed by atoms with Crippen molar-refractivity contribution in [3.63, 3.8) is 0 Å². The summed E-state index contributed by atoms with van der Waals surface area (Å²) < 4.78 is 0. The second kappa shape index (κ2) is 6.67. The Hall–Kier alpha value is -0.750. The summed E-state index contributed by atoms with van der Waals surface area (Å²) in [5, 5.41) is 11.1. The van der Waals surface area contributed by atoms with E-state index in [0.717, 1.165) is 0 Å². The lowest BCUT2D eigenvalue weighted by Crippen LogP contribution is -2.36. The van der Waals surface area contributed by atoms with Crippen molar-refractivity contribution in [1.29, 1.82) is 0 Å². The molecule has 2 atom stereocenters. The Morgan fingerprint density at radius 3 is 2.57 bits per heavy atom.